The van der Waals surface area contributed by atoms with Crippen LogP contribution in [0.2, 0.25) is 0 Å². The minimum Gasteiger partial charge on any atom is -0.207 e. The Labute approximate surface area is 105 Å². The van der Waals surface area contributed by atoms with Gasteiger partial charge in [0.05, 0.1) is 6.07 Å². The number of allylic oxidation sites excluding steroid dienone is 1. The molecule has 0 spiro atoms. The molecular formula is C16H10FN. The van der Waals surface area contributed by atoms with Gasteiger partial charge in [0.25, 0.3) is 0 Å². The standard InChI is InChI=1S/C16H10FN/c17-15-8-4-3-7-14(15)16-12(10-18)9-11-5-1-2-6-13(11)16/h1-9,16H. The zero-order valence-electron chi connectivity index (χ0n) is 9.60. The molecule has 2 heteroatoms. The van der Waals surface area contributed by atoms with Crippen molar-refractivity contribution in [2.24, 2.45) is 0 Å². The molecule has 18 heavy (non-hydrogen) atoms. The van der Waals surface area contributed by atoms with Crippen molar-refractivity contribution in [1.29, 1.82) is 5.26 Å². The molecule has 0 radical (unpaired) electrons. The number of halogens is 1. The molecular weight excluding hydrogens is 225 g/mol. The van der Waals surface area contributed by atoms with Gasteiger partial charge in [0.2, 0.25) is 0 Å². The van der Waals surface area contributed by atoms with Gasteiger partial charge in [-0.3, -0.25) is 0 Å². The molecule has 2 aromatic carbocycles. The van der Waals surface area contributed by atoms with Gasteiger partial charge in [-0.05, 0) is 23.3 Å². The first kappa shape index (κ1) is 10.7. The maximum atomic E-state index is 13.9. The van der Waals surface area contributed by atoms with E-state index in [0.29, 0.717) is 11.1 Å². The van der Waals surface area contributed by atoms with Crippen LogP contribution in [0.5, 0.6) is 0 Å². The Morgan fingerprint density at radius 2 is 1.61 bits per heavy atom. The second-order valence-corrected chi connectivity index (χ2v) is 4.29. The maximum Gasteiger partial charge on any atom is 0.127 e. The highest BCUT2D eigenvalue weighted by Crippen LogP contribution is 2.41. The van der Waals surface area contributed by atoms with Crippen LogP contribution in [-0.2, 0) is 0 Å². The lowest BCUT2D eigenvalue weighted by molar-refractivity contribution is 0.607. The second-order valence-electron chi connectivity index (χ2n) is 4.29. The average molecular weight is 235 g/mol. The third-order valence-electron chi connectivity index (χ3n) is 3.27. The molecule has 2 aromatic rings. The molecule has 0 saturated heterocycles. The Hall–Kier alpha value is -2.40. The molecule has 0 heterocycles. The summed E-state index contributed by atoms with van der Waals surface area (Å²) in [6.45, 7) is 0. The first-order valence-electron chi connectivity index (χ1n) is 5.76. The van der Waals surface area contributed by atoms with Crippen molar-refractivity contribution in [3.8, 4) is 6.07 Å². The summed E-state index contributed by atoms with van der Waals surface area (Å²) in [5.41, 5.74) is 3.16. The van der Waals surface area contributed by atoms with Crippen LogP contribution in [-0.4, -0.2) is 0 Å². The molecule has 0 aromatic heterocycles. The lowest BCUT2D eigenvalue weighted by Crippen LogP contribution is -2.02. The molecule has 0 aliphatic heterocycles. The van der Waals surface area contributed by atoms with Crippen LogP contribution < -0.4 is 0 Å². The first-order valence-corrected chi connectivity index (χ1v) is 5.76. The number of hydrogen-bond donors (Lipinski definition) is 0. The summed E-state index contributed by atoms with van der Waals surface area (Å²) >= 11 is 0. The van der Waals surface area contributed by atoms with Crippen molar-refractivity contribution in [2.75, 3.05) is 0 Å². The molecule has 0 N–H and O–H groups in total. The van der Waals surface area contributed by atoms with Gasteiger partial charge < -0.3 is 0 Å². The van der Waals surface area contributed by atoms with E-state index < -0.39 is 0 Å². The van der Waals surface area contributed by atoms with Crippen LogP contribution in [0.4, 0.5) is 4.39 Å². The summed E-state index contributed by atoms with van der Waals surface area (Å²) in [7, 11) is 0. The molecule has 0 saturated carbocycles. The van der Waals surface area contributed by atoms with E-state index in [4.69, 9.17) is 0 Å². The van der Waals surface area contributed by atoms with E-state index in [-0.39, 0.29) is 11.7 Å². The van der Waals surface area contributed by atoms with E-state index in [1.54, 1.807) is 18.2 Å². The number of benzene rings is 2. The van der Waals surface area contributed by atoms with Gasteiger partial charge in [-0.1, -0.05) is 42.5 Å². The normalized spacial score (nSPS) is 16.9. The van der Waals surface area contributed by atoms with Gasteiger partial charge >= 0.3 is 0 Å². The van der Waals surface area contributed by atoms with Crippen LogP contribution in [0.3, 0.4) is 0 Å². The van der Waals surface area contributed by atoms with Crippen molar-refractivity contribution in [1.82, 2.24) is 0 Å². The molecule has 0 amide bonds. The predicted octanol–water partition coefficient (Wildman–Crippen LogP) is 3.88. The van der Waals surface area contributed by atoms with Gasteiger partial charge in [0.15, 0.2) is 0 Å². The Morgan fingerprint density at radius 1 is 0.944 bits per heavy atom. The highest BCUT2D eigenvalue weighted by atomic mass is 19.1. The summed E-state index contributed by atoms with van der Waals surface area (Å²) in [6, 6.07) is 16.6. The number of nitrogens with zero attached hydrogens (tertiary/aromatic N) is 1. The smallest absolute Gasteiger partial charge is 0.127 e. The summed E-state index contributed by atoms with van der Waals surface area (Å²) in [5, 5.41) is 9.22. The van der Waals surface area contributed by atoms with Crippen molar-refractivity contribution < 1.29 is 4.39 Å². The van der Waals surface area contributed by atoms with Crippen molar-refractivity contribution in [2.45, 2.75) is 5.92 Å². The highest BCUT2D eigenvalue weighted by molar-refractivity contribution is 5.72. The topological polar surface area (TPSA) is 23.8 Å². The summed E-state index contributed by atoms with van der Waals surface area (Å²) < 4.78 is 13.9. The van der Waals surface area contributed by atoms with Gasteiger partial charge in [-0.15, -0.1) is 0 Å². The van der Waals surface area contributed by atoms with E-state index in [0.717, 1.165) is 11.1 Å². The molecule has 86 valence electrons. The summed E-state index contributed by atoms with van der Waals surface area (Å²) in [4.78, 5) is 0. The second kappa shape index (κ2) is 4.12. The molecule has 0 bridgehead atoms. The number of rotatable bonds is 1. The van der Waals surface area contributed by atoms with Crippen LogP contribution in [0, 0.1) is 17.1 Å². The fourth-order valence-corrected chi connectivity index (χ4v) is 2.46. The largest absolute Gasteiger partial charge is 0.207 e. The summed E-state index contributed by atoms with van der Waals surface area (Å²) in [6.07, 6.45) is 1.84. The lowest BCUT2D eigenvalue weighted by atomic mass is 9.88. The van der Waals surface area contributed by atoms with Gasteiger partial charge in [-0.25, -0.2) is 4.39 Å². The molecule has 1 atom stereocenters. The SMILES string of the molecule is N#CC1=Cc2ccccc2C1c1ccccc1F. The Bertz CT molecular complexity index is 679. The first-order chi connectivity index (χ1) is 8.81. The maximum absolute atomic E-state index is 13.9. The van der Waals surface area contributed by atoms with Crippen LogP contribution in [0.25, 0.3) is 6.08 Å². The van der Waals surface area contributed by atoms with Crippen molar-refractivity contribution in [3.05, 3.63) is 76.6 Å². The quantitative estimate of drug-likeness (QED) is 0.735. The Kier molecular flexibility index (Phi) is 2.46. The van der Waals surface area contributed by atoms with E-state index in [1.807, 2.05) is 30.3 Å². The average Bonchev–Trinajstić information content (AvgIpc) is 2.78. The van der Waals surface area contributed by atoms with Gasteiger partial charge in [-0.2, -0.15) is 5.26 Å². The third-order valence-corrected chi connectivity index (χ3v) is 3.27. The molecule has 1 unspecified atom stereocenters. The summed E-state index contributed by atoms with van der Waals surface area (Å²) in [5.74, 6) is -0.534. The minimum atomic E-state index is -0.271. The van der Waals surface area contributed by atoms with E-state index in [1.165, 1.54) is 6.07 Å². The number of fused-ring (bicyclic) bond motifs is 1. The highest BCUT2D eigenvalue weighted by Gasteiger charge is 2.28. The fraction of sp³-hybridized carbons (Fsp3) is 0.0625. The Balaban J connectivity index is 2.21. The monoisotopic (exact) mass is 235 g/mol. The molecule has 1 nitrogen and oxygen atoms in total. The van der Waals surface area contributed by atoms with Crippen molar-refractivity contribution >= 4 is 6.08 Å². The van der Waals surface area contributed by atoms with E-state index in [2.05, 4.69) is 6.07 Å². The third kappa shape index (κ3) is 1.53. The van der Waals surface area contributed by atoms with Crippen LogP contribution >= 0.6 is 0 Å². The fourth-order valence-electron chi connectivity index (χ4n) is 2.46. The Morgan fingerprint density at radius 3 is 2.33 bits per heavy atom. The van der Waals surface area contributed by atoms with Gasteiger partial charge in [0, 0.05) is 17.1 Å². The predicted molar refractivity (Wildman–Crippen MR) is 68.3 cm³/mol. The zero-order valence-corrected chi connectivity index (χ0v) is 9.60. The molecule has 1 aliphatic carbocycles. The van der Waals surface area contributed by atoms with E-state index >= 15 is 0 Å². The number of hydrogen-bond acceptors (Lipinski definition) is 1. The van der Waals surface area contributed by atoms with Gasteiger partial charge in [0.1, 0.15) is 5.82 Å². The van der Waals surface area contributed by atoms with Crippen LogP contribution in [0.1, 0.15) is 22.6 Å². The zero-order chi connectivity index (χ0) is 12.5. The lowest BCUT2D eigenvalue weighted by Gasteiger charge is -2.14. The van der Waals surface area contributed by atoms with Crippen LogP contribution in [0.15, 0.2) is 54.1 Å². The molecule has 3 rings (SSSR count). The molecule has 0 fully saturated rings. The van der Waals surface area contributed by atoms with E-state index in [9.17, 15) is 9.65 Å². The number of nitriles is 1. The van der Waals surface area contributed by atoms with Crippen molar-refractivity contribution in [3.63, 3.8) is 0 Å². The minimum absolute atomic E-state index is 0.264. The molecule has 1 aliphatic rings.